The Hall–Kier alpha value is 0.310. The van der Waals surface area contributed by atoms with Gasteiger partial charge in [-0.25, -0.2) is 0 Å². The van der Waals surface area contributed by atoms with Crippen LogP contribution in [0.4, 0.5) is 0 Å². The summed E-state index contributed by atoms with van der Waals surface area (Å²) in [6.07, 6.45) is 0.412. The maximum atomic E-state index is 3.13. The van der Waals surface area contributed by atoms with Gasteiger partial charge in [0.15, 0.2) is 0 Å². The molecule has 0 radical (unpaired) electrons. The third-order valence-corrected chi connectivity index (χ3v) is 2.09. The molecule has 1 N–H and O–H groups in total. The van der Waals surface area contributed by atoms with Gasteiger partial charge in [0, 0.05) is 13.1 Å². The molecule has 0 aliphatic carbocycles. The van der Waals surface area contributed by atoms with E-state index >= 15 is 0 Å². The van der Waals surface area contributed by atoms with Crippen LogP contribution in [0.15, 0.2) is 0 Å². The van der Waals surface area contributed by atoms with Crippen LogP contribution in [0, 0.1) is 0 Å². The average Bonchev–Trinajstić information content (AvgIpc) is 2.12. The van der Waals surface area contributed by atoms with Crippen molar-refractivity contribution in [3.8, 4) is 0 Å². The summed E-state index contributed by atoms with van der Waals surface area (Å²) < 4.78 is 0. The summed E-state index contributed by atoms with van der Waals surface area (Å²) in [6.45, 7) is 2.31. The van der Waals surface area contributed by atoms with Crippen molar-refractivity contribution in [2.45, 2.75) is 6.29 Å². The van der Waals surface area contributed by atoms with E-state index in [0.29, 0.717) is 6.29 Å². The van der Waals surface area contributed by atoms with Gasteiger partial charge in [0.25, 0.3) is 0 Å². The van der Waals surface area contributed by atoms with Gasteiger partial charge in [0.05, 0.1) is 0 Å². The molecule has 0 spiro atoms. The van der Waals surface area contributed by atoms with Crippen LogP contribution >= 0.6 is 9.39 Å². The van der Waals surface area contributed by atoms with Gasteiger partial charge in [0.1, 0.15) is 6.29 Å². The molecule has 0 amide bonds. The van der Waals surface area contributed by atoms with E-state index in [4.69, 9.17) is 0 Å². The van der Waals surface area contributed by atoms with Gasteiger partial charge in [-0.1, -0.05) is 9.39 Å². The van der Waals surface area contributed by atoms with Gasteiger partial charge in [-0.3, -0.25) is 14.9 Å². The van der Waals surface area contributed by atoms with Gasteiger partial charge in [0.2, 0.25) is 0 Å². The zero-order valence-electron chi connectivity index (χ0n) is 5.96. The molecule has 0 aromatic carbocycles. The highest BCUT2D eigenvalue weighted by Crippen LogP contribution is 2.06. The van der Waals surface area contributed by atoms with E-state index in [-0.39, 0.29) is 0 Å². The molecule has 0 bridgehead atoms. The molecule has 1 heterocycles. The van der Waals surface area contributed by atoms with Gasteiger partial charge < -0.3 is 0 Å². The summed E-state index contributed by atoms with van der Waals surface area (Å²) in [4.78, 5) is 4.54. The van der Waals surface area contributed by atoms with Crippen molar-refractivity contribution in [3.63, 3.8) is 0 Å². The Bertz CT molecular complexity index is 88.2. The molecule has 1 aliphatic heterocycles. The predicted octanol–water partition coefficient (Wildman–Crippen LogP) is -0.473. The lowest BCUT2D eigenvalue weighted by molar-refractivity contribution is 0.178. The molecule has 0 aromatic heterocycles. The molecule has 1 saturated heterocycles. The Morgan fingerprint density at radius 3 is 2.00 bits per heavy atom. The molecule has 4 heteroatoms. The van der Waals surface area contributed by atoms with Crippen LogP contribution in [0.5, 0.6) is 0 Å². The fourth-order valence-corrected chi connectivity index (χ4v) is 1.66. The first-order valence-electron chi connectivity index (χ1n) is 3.12. The monoisotopic (exact) mass is 147 g/mol. The predicted molar refractivity (Wildman–Crippen MR) is 41.9 cm³/mol. The second kappa shape index (κ2) is 2.93. The van der Waals surface area contributed by atoms with Crippen molar-refractivity contribution in [3.05, 3.63) is 0 Å². The van der Waals surface area contributed by atoms with Crippen LogP contribution in [0.2, 0.25) is 0 Å². The quantitative estimate of drug-likeness (QED) is 0.506. The normalized spacial score (nSPS) is 25.7. The Labute approximate surface area is 58.6 Å². The molecule has 1 unspecified atom stereocenters. The second-order valence-electron chi connectivity index (χ2n) is 2.50. The third kappa shape index (κ3) is 1.41. The number of nitrogens with one attached hydrogen (secondary N) is 1. The van der Waals surface area contributed by atoms with Crippen molar-refractivity contribution in [1.29, 1.82) is 0 Å². The SMILES string of the molecule is CN1CCN(C)C1NP. The molecular weight excluding hydrogens is 133 g/mol. The summed E-state index contributed by atoms with van der Waals surface area (Å²) in [5.74, 6) is 0. The van der Waals surface area contributed by atoms with E-state index in [9.17, 15) is 0 Å². The van der Waals surface area contributed by atoms with Crippen molar-refractivity contribution < 1.29 is 0 Å². The fraction of sp³-hybridized carbons (Fsp3) is 1.00. The zero-order valence-corrected chi connectivity index (χ0v) is 7.12. The molecule has 0 saturated carbocycles. The average molecular weight is 147 g/mol. The van der Waals surface area contributed by atoms with Gasteiger partial charge in [-0.15, -0.1) is 0 Å². The lowest BCUT2D eigenvalue weighted by Gasteiger charge is -2.23. The highest BCUT2D eigenvalue weighted by Gasteiger charge is 2.23. The Kier molecular flexibility index (Phi) is 2.42. The minimum atomic E-state index is 0.412. The molecule has 1 atom stereocenters. The van der Waals surface area contributed by atoms with Crippen molar-refractivity contribution in [2.75, 3.05) is 27.2 Å². The topological polar surface area (TPSA) is 18.5 Å². The van der Waals surface area contributed by atoms with Gasteiger partial charge in [-0.05, 0) is 14.1 Å². The standard InChI is InChI=1S/C5H14N3P/c1-7-3-4-8(2)5(7)6-9/h5-6H,3-4,9H2,1-2H3. The first-order valence-corrected chi connectivity index (χ1v) is 3.70. The van der Waals surface area contributed by atoms with Crippen LogP contribution in [-0.4, -0.2) is 43.3 Å². The van der Waals surface area contributed by atoms with E-state index < -0.39 is 0 Å². The summed E-state index contributed by atoms with van der Waals surface area (Å²) in [5, 5.41) is 3.13. The lowest BCUT2D eigenvalue weighted by Crippen LogP contribution is -2.42. The van der Waals surface area contributed by atoms with E-state index in [1.807, 2.05) is 0 Å². The van der Waals surface area contributed by atoms with Crippen molar-refractivity contribution >= 4 is 9.39 Å². The van der Waals surface area contributed by atoms with Gasteiger partial charge in [-0.2, -0.15) is 0 Å². The van der Waals surface area contributed by atoms with E-state index in [2.05, 4.69) is 38.4 Å². The molecule has 1 rings (SSSR count). The summed E-state index contributed by atoms with van der Waals surface area (Å²) in [5.41, 5.74) is 0. The fourth-order valence-electron chi connectivity index (χ4n) is 1.15. The van der Waals surface area contributed by atoms with Crippen molar-refractivity contribution in [1.82, 2.24) is 14.9 Å². The molecule has 0 aromatic rings. The minimum Gasteiger partial charge on any atom is -0.277 e. The summed E-state index contributed by atoms with van der Waals surface area (Å²) in [7, 11) is 6.77. The molecule has 1 fully saturated rings. The Balaban J connectivity index is 2.44. The molecule has 54 valence electrons. The lowest BCUT2D eigenvalue weighted by atomic mass is 10.6. The number of likely N-dealkylation sites (N-methyl/N-ethyl adjacent to an activating group) is 2. The number of hydrogen-bond donors (Lipinski definition) is 1. The molecule has 3 nitrogen and oxygen atoms in total. The van der Waals surface area contributed by atoms with Gasteiger partial charge >= 0.3 is 0 Å². The summed E-state index contributed by atoms with van der Waals surface area (Å²) >= 11 is 0. The van der Waals surface area contributed by atoms with Crippen LogP contribution < -0.4 is 5.09 Å². The van der Waals surface area contributed by atoms with Crippen molar-refractivity contribution in [2.24, 2.45) is 0 Å². The first kappa shape index (κ1) is 7.42. The Morgan fingerprint density at radius 1 is 1.33 bits per heavy atom. The summed E-state index contributed by atoms with van der Waals surface area (Å²) in [6, 6.07) is 0. The smallest absolute Gasteiger partial charge is 0.119 e. The minimum absolute atomic E-state index is 0.412. The van der Waals surface area contributed by atoms with E-state index in [0.717, 1.165) is 13.1 Å². The Morgan fingerprint density at radius 2 is 1.78 bits per heavy atom. The van der Waals surface area contributed by atoms with Crippen LogP contribution in [0.3, 0.4) is 0 Å². The maximum absolute atomic E-state index is 3.13. The van der Waals surface area contributed by atoms with E-state index in [1.165, 1.54) is 0 Å². The first-order chi connectivity index (χ1) is 4.25. The molecule has 9 heavy (non-hydrogen) atoms. The third-order valence-electron chi connectivity index (χ3n) is 1.79. The highest BCUT2D eigenvalue weighted by molar-refractivity contribution is 7.13. The number of rotatable bonds is 1. The van der Waals surface area contributed by atoms with Crippen LogP contribution in [-0.2, 0) is 0 Å². The van der Waals surface area contributed by atoms with Crippen LogP contribution in [0.1, 0.15) is 0 Å². The largest absolute Gasteiger partial charge is 0.277 e. The van der Waals surface area contributed by atoms with Crippen LogP contribution in [0.25, 0.3) is 0 Å². The maximum Gasteiger partial charge on any atom is 0.119 e. The highest BCUT2D eigenvalue weighted by atomic mass is 31.0. The molecular formula is C5H14N3P. The molecule has 1 aliphatic rings. The second-order valence-corrected chi connectivity index (χ2v) is 2.83. The number of nitrogens with zero attached hydrogens (tertiary/aromatic N) is 2. The number of hydrogen-bond acceptors (Lipinski definition) is 3. The zero-order chi connectivity index (χ0) is 6.85. The van der Waals surface area contributed by atoms with E-state index in [1.54, 1.807) is 0 Å².